The third-order valence-electron chi connectivity index (χ3n) is 13.1. The molecular weight excluding hydrogens is 753 g/mol. The molecule has 11 aromatic rings. The van der Waals surface area contributed by atoms with Gasteiger partial charge >= 0.3 is 0 Å². The second kappa shape index (κ2) is 13.4. The minimum Gasteiger partial charge on any atom is -0.277 e. The zero-order valence-corrected chi connectivity index (χ0v) is 33.6. The van der Waals surface area contributed by atoms with Crippen molar-refractivity contribution >= 4 is 21.8 Å². The number of aromatic nitrogens is 4. The maximum atomic E-state index is 5.52. The molecule has 2 aliphatic rings. The van der Waals surface area contributed by atoms with Crippen LogP contribution in [-0.4, -0.2) is 19.5 Å². The van der Waals surface area contributed by atoms with Crippen molar-refractivity contribution in [1.82, 2.24) is 19.5 Å². The number of benzene rings is 9. The summed E-state index contributed by atoms with van der Waals surface area (Å²) in [5.41, 5.74) is 18.1. The Morgan fingerprint density at radius 1 is 0.323 bits per heavy atom. The van der Waals surface area contributed by atoms with Gasteiger partial charge in [0, 0.05) is 27.5 Å². The van der Waals surface area contributed by atoms with E-state index in [1.807, 2.05) is 18.2 Å². The fraction of sp³-hybridized carbons (Fsp3) is 0.0172. The third kappa shape index (κ3) is 4.92. The summed E-state index contributed by atoms with van der Waals surface area (Å²) in [5, 5.41) is 2.31. The van der Waals surface area contributed by atoms with Crippen LogP contribution in [0.4, 0.5) is 0 Å². The van der Waals surface area contributed by atoms with E-state index in [9.17, 15) is 0 Å². The molecule has 4 nitrogen and oxygen atoms in total. The van der Waals surface area contributed by atoms with E-state index < -0.39 is 5.41 Å². The first-order valence-electron chi connectivity index (χ1n) is 21.2. The van der Waals surface area contributed by atoms with Gasteiger partial charge in [0.2, 0.25) is 5.95 Å². The maximum absolute atomic E-state index is 5.52. The molecule has 9 aromatic carbocycles. The first-order valence-corrected chi connectivity index (χ1v) is 21.2. The van der Waals surface area contributed by atoms with Crippen LogP contribution in [0.15, 0.2) is 218 Å². The van der Waals surface area contributed by atoms with Gasteiger partial charge in [-0.3, -0.25) is 4.57 Å². The molecule has 0 fully saturated rings. The predicted octanol–water partition coefficient (Wildman–Crippen LogP) is 14.0. The van der Waals surface area contributed by atoms with E-state index in [2.05, 4.69) is 205 Å². The summed E-state index contributed by atoms with van der Waals surface area (Å²) in [4.78, 5) is 16.2. The van der Waals surface area contributed by atoms with E-state index in [-0.39, 0.29) is 0 Å². The van der Waals surface area contributed by atoms with Gasteiger partial charge in [0.15, 0.2) is 11.6 Å². The molecule has 62 heavy (non-hydrogen) atoms. The third-order valence-corrected chi connectivity index (χ3v) is 13.1. The van der Waals surface area contributed by atoms with Crippen LogP contribution < -0.4 is 0 Å². The largest absolute Gasteiger partial charge is 0.277 e. The highest BCUT2D eigenvalue weighted by molar-refractivity contribution is 6.16. The van der Waals surface area contributed by atoms with Gasteiger partial charge in [0.05, 0.1) is 16.4 Å². The summed E-state index contributed by atoms with van der Waals surface area (Å²) >= 11 is 0. The van der Waals surface area contributed by atoms with Crippen LogP contribution in [-0.2, 0) is 5.41 Å². The Balaban J connectivity index is 1.14. The molecule has 0 saturated heterocycles. The van der Waals surface area contributed by atoms with Crippen molar-refractivity contribution in [2.75, 3.05) is 0 Å². The number of fused-ring (bicyclic) bond motifs is 14. The number of hydrogen-bond donors (Lipinski definition) is 0. The molecule has 0 atom stereocenters. The lowest BCUT2D eigenvalue weighted by atomic mass is 9.70. The Morgan fingerprint density at radius 2 is 0.790 bits per heavy atom. The van der Waals surface area contributed by atoms with Crippen LogP contribution in [0, 0.1) is 0 Å². The van der Waals surface area contributed by atoms with Gasteiger partial charge in [-0.15, -0.1) is 0 Å². The standard InChI is InChI=1S/C58H36N4/c1-4-18-37(19-5-1)40-34-41(38-20-6-2-7-21-38)36-42(35-40)56-59-55(39-22-8-3-9-23-39)60-57(61-56)62-52-31-17-13-26-45(52)46-32-33-51-53(54(46)62)47-27-12-16-30-50(47)58(51)48-28-14-10-24-43(48)44-25-11-15-29-49(44)58/h1-36H. The lowest BCUT2D eigenvalue weighted by Crippen LogP contribution is -2.25. The lowest BCUT2D eigenvalue weighted by Gasteiger charge is -2.30. The Bertz CT molecular complexity index is 3470. The highest BCUT2D eigenvalue weighted by Crippen LogP contribution is 2.64. The van der Waals surface area contributed by atoms with Crippen molar-refractivity contribution in [3.8, 4) is 73.2 Å². The second-order valence-electron chi connectivity index (χ2n) is 16.3. The van der Waals surface area contributed by atoms with Crippen LogP contribution in [0.3, 0.4) is 0 Å². The molecule has 0 amide bonds. The van der Waals surface area contributed by atoms with Gasteiger partial charge in [-0.2, -0.15) is 9.97 Å². The van der Waals surface area contributed by atoms with E-state index in [4.69, 9.17) is 15.0 Å². The number of hydrogen-bond acceptors (Lipinski definition) is 3. The predicted molar refractivity (Wildman–Crippen MR) is 252 cm³/mol. The summed E-state index contributed by atoms with van der Waals surface area (Å²) in [7, 11) is 0. The van der Waals surface area contributed by atoms with Gasteiger partial charge in [-0.1, -0.05) is 194 Å². The fourth-order valence-corrected chi connectivity index (χ4v) is 10.5. The molecule has 2 aliphatic carbocycles. The normalized spacial score (nSPS) is 13.0. The molecule has 1 spiro atoms. The van der Waals surface area contributed by atoms with Crippen molar-refractivity contribution in [3.05, 3.63) is 241 Å². The van der Waals surface area contributed by atoms with E-state index in [1.165, 1.54) is 44.5 Å². The SMILES string of the molecule is c1ccc(-c2cc(-c3ccccc3)cc(-c3nc(-c4ccccc4)nc(-n4c5ccccc5c5ccc6c(c54)-c4ccccc4C64c5ccccc5-c5ccccc54)n3)c2)cc1. The molecule has 4 heteroatoms. The van der Waals surface area contributed by atoms with E-state index in [0.717, 1.165) is 55.2 Å². The lowest BCUT2D eigenvalue weighted by molar-refractivity contribution is 0.794. The number of nitrogens with zero attached hydrogens (tertiary/aromatic N) is 4. The van der Waals surface area contributed by atoms with Crippen LogP contribution in [0.5, 0.6) is 0 Å². The highest BCUT2D eigenvalue weighted by atomic mass is 15.2. The summed E-state index contributed by atoms with van der Waals surface area (Å²) in [6, 6.07) is 78.5. The summed E-state index contributed by atoms with van der Waals surface area (Å²) in [6.45, 7) is 0. The van der Waals surface area contributed by atoms with Gasteiger partial charge in [-0.05, 0) is 85.5 Å². The van der Waals surface area contributed by atoms with E-state index >= 15 is 0 Å². The van der Waals surface area contributed by atoms with Gasteiger partial charge in [-0.25, -0.2) is 4.98 Å². The quantitative estimate of drug-likeness (QED) is 0.174. The maximum Gasteiger partial charge on any atom is 0.238 e. The monoisotopic (exact) mass is 788 g/mol. The van der Waals surface area contributed by atoms with Crippen molar-refractivity contribution in [2.45, 2.75) is 5.41 Å². The van der Waals surface area contributed by atoms with Crippen molar-refractivity contribution in [1.29, 1.82) is 0 Å². The van der Waals surface area contributed by atoms with Crippen molar-refractivity contribution < 1.29 is 0 Å². The summed E-state index contributed by atoms with van der Waals surface area (Å²) in [5.74, 6) is 1.80. The number of rotatable bonds is 5. The topological polar surface area (TPSA) is 43.6 Å². The zero-order valence-electron chi connectivity index (χ0n) is 33.6. The Labute approximate surface area is 359 Å². The molecule has 0 N–H and O–H groups in total. The molecule has 13 rings (SSSR count). The van der Waals surface area contributed by atoms with Crippen LogP contribution in [0.1, 0.15) is 22.3 Å². The van der Waals surface area contributed by atoms with Gasteiger partial charge in [0.1, 0.15) is 0 Å². The summed E-state index contributed by atoms with van der Waals surface area (Å²) in [6.07, 6.45) is 0. The minimum atomic E-state index is -0.486. The van der Waals surface area contributed by atoms with Gasteiger partial charge < -0.3 is 0 Å². The molecule has 2 heterocycles. The molecule has 0 aliphatic heterocycles. The van der Waals surface area contributed by atoms with E-state index in [0.29, 0.717) is 17.6 Å². The molecule has 2 aromatic heterocycles. The van der Waals surface area contributed by atoms with Crippen molar-refractivity contribution in [2.24, 2.45) is 0 Å². The fourth-order valence-electron chi connectivity index (χ4n) is 10.5. The minimum absolute atomic E-state index is 0.486. The van der Waals surface area contributed by atoms with Crippen LogP contribution in [0.2, 0.25) is 0 Å². The molecule has 0 bridgehead atoms. The molecule has 0 radical (unpaired) electrons. The zero-order chi connectivity index (χ0) is 40.8. The highest BCUT2D eigenvalue weighted by Gasteiger charge is 2.52. The summed E-state index contributed by atoms with van der Waals surface area (Å²) < 4.78 is 2.31. The first-order chi connectivity index (χ1) is 30.8. The average molecular weight is 789 g/mol. The average Bonchev–Trinajstić information content (AvgIpc) is 3.96. The second-order valence-corrected chi connectivity index (χ2v) is 16.3. The van der Waals surface area contributed by atoms with Crippen LogP contribution in [0.25, 0.3) is 95.0 Å². The van der Waals surface area contributed by atoms with Crippen LogP contribution >= 0.6 is 0 Å². The molecule has 288 valence electrons. The Hall–Kier alpha value is -8.21. The molecule has 0 saturated carbocycles. The Kier molecular flexibility index (Phi) is 7.49. The smallest absolute Gasteiger partial charge is 0.238 e. The van der Waals surface area contributed by atoms with Crippen molar-refractivity contribution in [3.63, 3.8) is 0 Å². The molecular formula is C58H36N4. The number of para-hydroxylation sites is 1. The molecule has 0 unspecified atom stereocenters. The Morgan fingerprint density at radius 3 is 1.40 bits per heavy atom. The van der Waals surface area contributed by atoms with Gasteiger partial charge in [0.25, 0.3) is 0 Å². The van der Waals surface area contributed by atoms with E-state index in [1.54, 1.807) is 0 Å². The first kappa shape index (κ1) is 34.6.